The Hall–Kier alpha value is -1.52. The van der Waals surface area contributed by atoms with Crippen molar-refractivity contribution in [3.8, 4) is 11.5 Å². The minimum Gasteiger partial charge on any atom is -0.496 e. The van der Waals surface area contributed by atoms with Crippen LogP contribution in [0.25, 0.3) is 0 Å². The summed E-state index contributed by atoms with van der Waals surface area (Å²) in [5.74, 6) is 2.73. The average molecular weight is 379 g/mol. The summed E-state index contributed by atoms with van der Waals surface area (Å²) in [6.07, 6.45) is 8.36. The van der Waals surface area contributed by atoms with Crippen molar-refractivity contribution >= 4 is 0 Å². The molecule has 0 saturated carbocycles. The molecule has 0 N–H and O–H groups in total. The maximum atomic E-state index is 5.77. The highest BCUT2D eigenvalue weighted by molar-refractivity contribution is 5.50. The van der Waals surface area contributed by atoms with E-state index < -0.39 is 0 Å². The van der Waals surface area contributed by atoms with Crippen molar-refractivity contribution in [2.75, 3.05) is 34.7 Å². The van der Waals surface area contributed by atoms with Crippen LogP contribution in [0.15, 0.2) is 24.8 Å². The molecule has 1 rings (SSSR count). The van der Waals surface area contributed by atoms with Gasteiger partial charge in [0.25, 0.3) is 0 Å². The van der Waals surface area contributed by atoms with Crippen LogP contribution < -0.4 is 9.47 Å². The number of hydrogen-bond donors (Lipinski definition) is 0. The summed E-state index contributed by atoms with van der Waals surface area (Å²) in [5, 5.41) is 0. The van der Waals surface area contributed by atoms with Crippen LogP contribution in [0.3, 0.4) is 0 Å². The van der Waals surface area contributed by atoms with Crippen LogP contribution >= 0.6 is 0 Å². The van der Waals surface area contributed by atoms with Gasteiger partial charge >= 0.3 is 0 Å². The summed E-state index contributed by atoms with van der Waals surface area (Å²) in [5.41, 5.74) is 2.41. The maximum absolute atomic E-state index is 5.77. The van der Waals surface area contributed by atoms with Gasteiger partial charge in [-0.3, -0.25) is 0 Å². The fraction of sp³-hybridized carbons (Fsp3) is 0.652. The molecule has 0 amide bonds. The molecular formula is C23H38O4. The molecule has 0 fully saturated rings. The molecule has 0 heterocycles. The van der Waals surface area contributed by atoms with E-state index in [-0.39, 0.29) is 0 Å². The molecule has 0 aromatic heterocycles. The van der Waals surface area contributed by atoms with Gasteiger partial charge in [-0.05, 0) is 55.2 Å². The molecule has 27 heavy (non-hydrogen) atoms. The van der Waals surface area contributed by atoms with E-state index in [1.807, 2.05) is 6.08 Å². The third-order valence-corrected chi connectivity index (χ3v) is 4.91. The van der Waals surface area contributed by atoms with Gasteiger partial charge in [0.15, 0.2) is 0 Å². The van der Waals surface area contributed by atoms with Gasteiger partial charge in [-0.2, -0.15) is 0 Å². The highest BCUT2D eigenvalue weighted by Crippen LogP contribution is 2.41. The summed E-state index contributed by atoms with van der Waals surface area (Å²) in [6.45, 7) is 9.47. The van der Waals surface area contributed by atoms with Gasteiger partial charge in [0.1, 0.15) is 18.3 Å². The van der Waals surface area contributed by atoms with Gasteiger partial charge in [0.2, 0.25) is 0 Å². The SMILES string of the molecule is C=CC[C@H](CCCC)c1c(OC)cc(C[C@@H](C)CCOCOC)cc1OC. The van der Waals surface area contributed by atoms with E-state index in [0.29, 0.717) is 25.2 Å². The molecule has 4 heteroatoms. The third-order valence-electron chi connectivity index (χ3n) is 4.91. The molecule has 1 aromatic carbocycles. The van der Waals surface area contributed by atoms with Gasteiger partial charge in [-0.15, -0.1) is 6.58 Å². The van der Waals surface area contributed by atoms with Crippen LogP contribution in [0.2, 0.25) is 0 Å². The Balaban J connectivity index is 2.99. The molecule has 0 radical (unpaired) electrons. The van der Waals surface area contributed by atoms with Crippen LogP contribution in [-0.4, -0.2) is 34.7 Å². The Morgan fingerprint density at radius 1 is 1.07 bits per heavy atom. The molecular weight excluding hydrogens is 340 g/mol. The van der Waals surface area contributed by atoms with Crippen LogP contribution in [-0.2, 0) is 15.9 Å². The lowest BCUT2D eigenvalue weighted by atomic mass is 9.87. The number of ether oxygens (including phenoxy) is 4. The second kappa shape index (κ2) is 13.6. The normalized spacial score (nSPS) is 13.2. The summed E-state index contributed by atoms with van der Waals surface area (Å²) in [4.78, 5) is 0. The molecule has 0 spiro atoms. The lowest BCUT2D eigenvalue weighted by molar-refractivity contribution is -0.0339. The first kappa shape index (κ1) is 23.5. The molecule has 0 aliphatic carbocycles. The summed E-state index contributed by atoms with van der Waals surface area (Å²) in [6, 6.07) is 4.35. The number of allylic oxidation sites excluding steroid dienone is 1. The maximum Gasteiger partial charge on any atom is 0.146 e. The van der Waals surface area contributed by atoms with E-state index in [1.165, 1.54) is 24.0 Å². The standard InChI is InChI=1S/C23H38O4/c1-7-9-11-20(10-8-2)23-21(25-5)15-19(16-22(23)26-6)14-18(3)12-13-27-17-24-4/h8,15-16,18,20H,2,7,9-14,17H2,1,3-6H3/t18-,20+/m0/s1. The number of hydrogen-bond acceptors (Lipinski definition) is 4. The van der Waals surface area contributed by atoms with Crippen molar-refractivity contribution in [3.05, 3.63) is 35.9 Å². The second-order valence-corrected chi connectivity index (χ2v) is 7.19. The zero-order valence-electron chi connectivity index (χ0n) is 17.9. The molecule has 0 saturated heterocycles. The molecule has 2 atom stereocenters. The number of methoxy groups -OCH3 is 3. The minimum atomic E-state index is 0.353. The van der Waals surface area contributed by atoms with Crippen molar-refractivity contribution in [1.29, 1.82) is 0 Å². The summed E-state index contributed by atoms with van der Waals surface area (Å²) < 4.78 is 21.9. The van der Waals surface area contributed by atoms with Gasteiger partial charge < -0.3 is 18.9 Å². The van der Waals surface area contributed by atoms with Crippen molar-refractivity contribution < 1.29 is 18.9 Å². The van der Waals surface area contributed by atoms with E-state index in [4.69, 9.17) is 18.9 Å². The Bertz CT molecular complexity index is 516. The molecule has 154 valence electrons. The van der Waals surface area contributed by atoms with E-state index in [0.717, 1.165) is 37.2 Å². The Kier molecular flexibility index (Phi) is 11.9. The predicted molar refractivity (Wildman–Crippen MR) is 112 cm³/mol. The van der Waals surface area contributed by atoms with Crippen molar-refractivity contribution in [1.82, 2.24) is 0 Å². The van der Waals surface area contributed by atoms with Gasteiger partial charge in [0.05, 0.1) is 14.2 Å². The van der Waals surface area contributed by atoms with E-state index in [9.17, 15) is 0 Å². The fourth-order valence-corrected chi connectivity index (χ4v) is 3.48. The topological polar surface area (TPSA) is 36.9 Å². The van der Waals surface area contributed by atoms with Crippen LogP contribution in [0, 0.1) is 5.92 Å². The first-order valence-corrected chi connectivity index (χ1v) is 10.0. The fourth-order valence-electron chi connectivity index (χ4n) is 3.48. The smallest absolute Gasteiger partial charge is 0.146 e. The molecule has 0 bridgehead atoms. The van der Waals surface area contributed by atoms with Gasteiger partial charge in [-0.25, -0.2) is 0 Å². The Morgan fingerprint density at radius 2 is 1.74 bits per heavy atom. The number of benzene rings is 1. The predicted octanol–water partition coefficient (Wildman–Crippen LogP) is 5.74. The highest BCUT2D eigenvalue weighted by atomic mass is 16.7. The second-order valence-electron chi connectivity index (χ2n) is 7.19. The first-order chi connectivity index (χ1) is 13.1. The number of unbranched alkanes of at least 4 members (excludes halogenated alkanes) is 1. The monoisotopic (exact) mass is 378 g/mol. The van der Waals surface area contributed by atoms with Gasteiger partial charge in [-0.1, -0.05) is 32.8 Å². The third kappa shape index (κ3) is 7.94. The van der Waals surface area contributed by atoms with Crippen LogP contribution in [0.1, 0.15) is 63.0 Å². The van der Waals surface area contributed by atoms with Crippen LogP contribution in [0.4, 0.5) is 0 Å². The quantitative estimate of drug-likeness (QED) is 0.221. The zero-order valence-corrected chi connectivity index (χ0v) is 17.9. The lowest BCUT2D eigenvalue weighted by Crippen LogP contribution is -2.09. The minimum absolute atomic E-state index is 0.353. The molecule has 0 aliphatic rings. The summed E-state index contributed by atoms with van der Waals surface area (Å²) >= 11 is 0. The molecule has 0 unspecified atom stereocenters. The average Bonchev–Trinajstić information content (AvgIpc) is 2.67. The first-order valence-electron chi connectivity index (χ1n) is 10.0. The van der Waals surface area contributed by atoms with Crippen molar-refractivity contribution in [3.63, 3.8) is 0 Å². The van der Waals surface area contributed by atoms with E-state index in [2.05, 4.69) is 32.6 Å². The van der Waals surface area contributed by atoms with E-state index in [1.54, 1.807) is 21.3 Å². The Morgan fingerprint density at radius 3 is 2.26 bits per heavy atom. The molecule has 1 aromatic rings. The summed E-state index contributed by atoms with van der Waals surface area (Å²) in [7, 11) is 5.13. The highest BCUT2D eigenvalue weighted by Gasteiger charge is 2.21. The largest absolute Gasteiger partial charge is 0.496 e. The molecule has 4 nitrogen and oxygen atoms in total. The number of rotatable bonds is 15. The zero-order chi connectivity index (χ0) is 20.1. The lowest BCUT2D eigenvalue weighted by Gasteiger charge is -2.23. The van der Waals surface area contributed by atoms with Crippen LogP contribution in [0.5, 0.6) is 11.5 Å². The van der Waals surface area contributed by atoms with Crippen molar-refractivity contribution in [2.24, 2.45) is 5.92 Å². The Labute approximate surface area is 165 Å². The van der Waals surface area contributed by atoms with Gasteiger partial charge in [0, 0.05) is 19.3 Å². The van der Waals surface area contributed by atoms with E-state index >= 15 is 0 Å². The molecule has 0 aliphatic heterocycles. The van der Waals surface area contributed by atoms with Crippen molar-refractivity contribution in [2.45, 2.75) is 58.3 Å².